The molecule has 0 bridgehead atoms. The van der Waals surface area contributed by atoms with Gasteiger partial charge in [-0.2, -0.15) is 0 Å². The molecule has 0 aliphatic rings. The molecule has 0 aliphatic heterocycles. The number of aryl methyl sites for hydroxylation is 2. The van der Waals surface area contributed by atoms with Gasteiger partial charge in [-0.05, 0) is 36.1 Å². The van der Waals surface area contributed by atoms with Crippen LogP contribution < -0.4 is 5.32 Å². The normalized spacial score (nSPS) is 12.0. The molecule has 2 aromatic rings. The summed E-state index contributed by atoms with van der Waals surface area (Å²) in [6.07, 6.45) is 3.34. The molecule has 1 aromatic carbocycles. The number of aromatic nitrogens is 1. The Kier molecular flexibility index (Phi) is 5.06. The van der Waals surface area contributed by atoms with Crippen LogP contribution in [-0.4, -0.2) is 22.5 Å². The van der Waals surface area contributed by atoms with Crippen molar-refractivity contribution in [2.45, 2.75) is 26.4 Å². The summed E-state index contributed by atoms with van der Waals surface area (Å²) < 4.78 is 0. The van der Waals surface area contributed by atoms with E-state index in [4.69, 9.17) is 0 Å². The molecule has 0 aliphatic carbocycles. The minimum atomic E-state index is -0.706. The van der Waals surface area contributed by atoms with E-state index in [0.717, 1.165) is 23.1 Å². The molecule has 0 fully saturated rings. The smallest absolute Gasteiger partial charge is 0.251 e. The van der Waals surface area contributed by atoms with Gasteiger partial charge in [0, 0.05) is 24.5 Å². The van der Waals surface area contributed by atoms with Crippen molar-refractivity contribution < 1.29 is 9.90 Å². The highest BCUT2D eigenvalue weighted by Gasteiger charge is 2.14. The second-order valence-electron chi connectivity index (χ2n) is 4.97. The summed E-state index contributed by atoms with van der Waals surface area (Å²) in [4.78, 5) is 16.2. The summed E-state index contributed by atoms with van der Waals surface area (Å²) in [7, 11) is 0. The standard InChI is InChI=1S/C17H20N2O2/c1-3-13-10-18-9-8-15(13)17(21)19-11-16(20)14-7-5-4-6-12(14)2/h4-10,16,20H,3,11H2,1-2H3,(H,19,21). The van der Waals surface area contributed by atoms with Crippen LogP contribution in [0, 0.1) is 6.92 Å². The third-order valence-corrected chi connectivity index (χ3v) is 3.53. The van der Waals surface area contributed by atoms with Gasteiger partial charge in [0.05, 0.1) is 6.10 Å². The van der Waals surface area contributed by atoms with Crippen LogP contribution in [0.25, 0.3) is 0 Å². The minimum absolute atomic E-state index is 0.179. The zero-order valence-corrected chi connectivity index (χ0v) is 12.3. The molecule has 1 amide bonds. The van der Waals surface area contributed by atoms with Crippen LogP contribution in [-0.2, 0) is 6.42 Å². The van der Waals surface area contributed by atoms with Crippen LogP contribution in [0.1, 0.15) is 40.1 Å². The van der Waals surface area contributed by atoms with Gasteiger partial charge in [0.1, 0.15) is 0 Å². The number of rotatable bonds is 5. The number of nitrogens with one attached hydrogen (secondary N) is 1. The molecule has 1 aromatic heterocycles. The first-order valence-electron chi connectivity index (χ1n) is 7.08. The van der Waals surface area contributed by atoms with Crippen molar-refractivity contribution in [1.82, 2.24) is 10.3 Å². The van der Waals surface area contributed by atoms with E-state index < -0.39 is 6.10 Å². The Labute approximate surface area is 124 Å². The highest BCUT2D eigenvalue weighted by atomic mass is 16.3. The van der Waals surface area contributed by atoms with Gasteiger partial charge in [0.2, 0.25) is 0 Å². The van der Waals surface area contributed by atoms with Crippen LogP contribution in [0.2, 0.25) is 0 Å². The van der Waals surface area contributed by atoms with E-state index in [-0.39, 0.29) is 12.5 Å². The van der Waals surface area contributed by atoms with Crippen molar-refractivity contribution in [1.29, 1.82) is 0 Å². The van der Waals surface area contributed by atoms with Crippen LogP contribution in [0.4, 0.5) is 0 Å². The van der Waals surface area contributed by atoms with E-state index in [1.165, 1.54) is 0 Å². The number of benzene rings is 1. The quantitative estimate of drug-likeness (QED) is 0.886. The first-order chi connectivity index (χ1) is 10.1. The third-order valence-electron chi connectivity index (χ3n) is 3.53. The number of amides is 1. The summed E-state index contributed by atoms with van der Waals surface area (Å²) >= 11 is 0. The van der Waals surface area contributed by atoms with Crippen molar-refractivity contribution in [2.24, 2.45) is 0 Å². The predicted octanol–water partition coefficient (Wildman–Crippen LogP) is 2.42. The molecule has 0 spiro atoms. The summed E-state index contributed by atoms with van der Waals surface area (Å²) in [5.74, 6) is -0.179. The SMILES string of the molecule is CCc1cnccc1C(=O)NCC(O)c1ccccc1C. The molecule has 1 atom stereocenters. The first kappa shape index (κ1) is 15.2. The summed E-state index contributed by atoms with van der Waals surface area (Å²) in [6, 6.07) is 9.32. The molecule has 110 valence electrons. The fourth-order valence-corrected chi connectivity index (χ4v) is 2.29. The fourth-order valence-electron chi connectivity index (χ4n) is 2.29. The lowest BCUT2D eigenvalue weighted by molar-refractivity contribution is 0.0915. The molecule has 1 heterocycles. The number of aliphatic hydroxyl groups is 1. The Morgan fingerprint density at radius 2 is 2.10 bits per heavy atom. The lowest BCUT2D eigenvalue weighted by Crippen LogP contribution is -2.29. The number of aliphatic hydroxyl groups excluding tert-OH is 1. The number of nitrogens with zero attached hydrogens (tertiary/aromatic N) is 1. The summed E-state index contributed by atoms with van der Waals surface area (Å²) in [6.45, 7) is 4.11. The second-order valence-corrected chi connectivity index (χ2v) is 4.97. The molecular weight excluding hydrogens is 264 g/mol. The predicted molar refractivity (Wildman–Crippen MR) is 82.1 cm³/mol. The van der Waals surface area contributed by atoms with Gasteiger partial charge in [-0.3, -0.25) is 9.78 Å². The molecule has 0 saturated heterocycles. The zero-order valence-electron chi connectivity index (χ0n) is 12.3. The molecule has 0 radical (unpaired) electrons. The Morgan fingerprint density at radius 3 is 2.81 bits per heavy atom. The summed E-state index contributed by atoms with van der Waals surface area (Å²) in [5.41, 5.74) is 3.37. The number of hydrogen-bond acceptors (Lipinski definition) is 3. The van der Waals surface area contributed by atoms with E-state index in [1.807, 2.05) is 38.1 Å². The van der Waals surface area contributed by atoms with Gasteiger partial charge in [-0.15, -0.1) is 0 Å². The van der Waals surface area contributed by atoms with Gasteiger partial charge in [0.25, 0.3) is 5.91 Å². The third kappa shape index (κ3) is 3.67. The lowest BCUT2D eigenvalue weighted by Gasteiger charge is -2.15. The molecule has 4 nitrogen and oxygen atoms in total. The Balaban J connectivity index is 2.03. The fraction of sp³-hybridized carbons (Fsp3) is 0.294. The Hall–Kier alpha value is -2.20. The number of hydrogen-bond donors (Lipinski definition) is 2. The number of carbonyl (C=O) groups is 1. The Bertz CT molecular complexity index is 626. The van der Waals surface area contributed by atoms with Crippen LogP contribution in [0.5, 0.6) is 0 Å². The van der Waals surface area contributed by atoms with E-state index in [9.17, 15) is 9.90 Å². The lowest BCUT2D eigenvalue weighted by atomic mass is 10.0. The molecule has 2 rings (SSSR count). The number of carbonyl (C=O) groups excluding carboxylic acids is 1. The molecule has 2 N–H and O–H groups in total. The van der Waals surface area contributed by atoms with Gasteiger partial charge >= 0.3 is 0 Å². The van der Waals surface area contributed by atoms with Gasteiger partial charge in [-0.25, -0.2) is 0 Å². The maximum absolute atomic E-state index is 12.2. The molecule has 21 heavy (non-hydrogen) atoms. The van der Waals surface area contributed by atoms with Crippen molar-refractivity contribution in [3.05, 3.63) is 65.0 Å². The van der Waals surface area contributed by atoms with Crippen molar-refractivity contribution in [2.75, 3.05) is 6.54 Å². The maximum Gasteiger partial charge on any atom is 0.251 e. The molecule has 0 saturated carbocycles. The topological polar surface area (TPSA) is 62.2 Å². The van der Waals surface area contributed by atoms with Gasteiger partial charge < -0.3 is 10.4 Å². The second kappa shape index (κ2) is 6.99. The monoisotopic (exact) mass is 284 g/mol. The summed E-state index contributed by atoms with van der Waals surface area (Å²) in [5, 5.41) is 13.0. The van der Waals surface area contributed by atoms with E-state index in [1.54, 1.807) is 18.5 Å². The van der Waals surface area contributed by atoms with E-state index >= 15 is 0 Å². The largest absolute Gasteiger partial charge is 0.387 e. The van der Waals surface area contributed by atoms with Crippen molar-refractivity contribution >= 4 is 5.91 Å². The van der Waals surface area contributed by atoms with E-state index in [0.29, 0.717) is 5.56 Å². The van der Waals surface area contributed by atoms with Crippen LogP contribution >= 0.6 is 0 Å². The first-order valence-corrected chi connectivity index (χ1v) is 7.08. The molecule has 4 heteroatoms. The minimum Gasteiger partial charge on any atom is -0.387 e. The highest BCUT2D eigenvalue weighted by molar-refractivity contribution is 5.95. The Morgan fingerprint density at radius 1 is 1.33 bits per heavy atom. The molecular formula is C17H20N2O2. The van der Waals surface area contributed by atoms with Gasteiger partial charge in [0.15, 0.2) is 0 Å². The number of pyridine rings is 1. The molecule has 1 unspecified atom stereocenters. The van der Waals surface area contributed by atoms with Crippen molar-refractivity contribution in [3.63, 3.8) is 0 Å². The van der Waals surface area contributed by atoms with Crippen LogP contribution in [0.3, 0.4) is 0 Å². The highest BCUT2D eigenvalue weighted by Crippen LogP contribution is 2.16. The average Bonchev–Trinajstić information content (AvgIpc) is 2.52. The van der Waals surface area contributed by atoms with Crippen LogP contribution in [0.15, 0.2) is 42.7 Å². The average molecular weight is 284 g/mol. The zero-order chi connectivity index (χ0) is 15.2. The maximum atomic E-state index is 12.2. The van der Waals surface area contributed by atoms with Crippen molar-refractivity contribution in [3.8, 4) is 0 Å². The van der Waals surface area contributed by atoms with Gasteiger partial charge in [-0.1, -0.05) is 31.2 Å². The van der Waals surface area contributed by atoms with E-state index in [2.05, 4.69) is 10.3 Å².